The van der Waals surface area contributed by atoms with Gasteiger partial charge in [-0.2, -0.15) is 26.3 Å². The number of alkyl halides is 6. The van der Waals surface area contributed by atoms with E-state index in [0.717, 1.165) is 28.8 Å². The molecule has 244 valence electrons. The molecule has 0 aliphatic carbocycles. The van der Waals surface area contributed by atoms with E-state index < -0.39 is 29.6 Å². The number of carbonyl (C=O) groups excluding carboxylic acids is 1. The SMILES string of the molecule is CCOCCOC(=O)C1CN(Cc2ccc(-c3ccc(C(O)(C(F)(F)F)C(F)(F)F)cc3)c(C)c2)CCN1Cc1ccncc1. The minimum absolute atomic E-state index is 0.152. The molecule has 1 atom stereocenters. The third-order valence-electron chi connectivity index (χ3n) is 7.79. The van der Waals surface area contributed by atoms with Crippen LogP contribution in [0.15, 0.2) is 67.0 Å². The third-order valence-corrected chi connectivity index (χ3v) is 7.79. The summed E-state index contributed by atoms with van der Waals surface area (Å²) in [5.41, 5.74) is -2.58. The number of pyridine rings is 1. The second-order valence-corrected chi connectivity index (χ2v) is 10.9. The first-order chi connectivity index (χ1) is 21.2. The Bertz CT molecular complexity index is 1400. The van der Waals surface area contributed by atoms with Gasteiger partial charge in [-0.1, -0.05) is 42.5 Å². The molecule has 2 heterocycles. The number of rotatable bonds is 11. The minimum atomic E-state index is -5.95. The Morgan fingerprint density at radius 1 is 0.911 bits per heavy atom. The summed E-state index contributed by atoms with van der Waals surface area (Å²) in [7, 11) is 0. The van der Waals surface area contributed by atoms with Crippen molar-refractivity contribution in [1.82, 2.24) is 14.8 Å². The minimum Gasteiger partial charge on any atom is -0.462 e. The number of hydrogen-bond donors (Lipinski definition) is 1. The molecule has 1 unspecified atom stereocenters. The summed E-state index contributed by atoms with van der Waals surface area (Å²) in [6.45, 7) is 7.40. The maximum absolute atomic E-state index is 13.3. The van der Waals surface area contributed by atoms with E-state index >= 15 is 0 Å². The Balaban J connectivity index is 1.47. The molecule has 3 aromatic rings. The van der Waals surface area contributed by atoms with Crippen LogP contribution in [0.5, 0.6) is 0 Å². The zero-order valence-electron chi connectivity index (χ0n) is 24.9. The topological polar surface area (TPSA) is 75.1 Å². The van der Waals surface area contributed by atoms with Crippen molar-refractivity contribution < 1.29 is 45.7 Å². The summed E-state index contributed by atoms with van der Waals surface area (Å²) in [4.78, 5) is 21.4. The Hall–Kier alpha value is -3.52. The van der Waals surface area contributed by atoms with Crippen molar-refractivity contribution in [3.8, 4) is 11.1 Å². The van der Waals surface area contributed by atoms with Gasteiger partial charge >= 0.3 is 18.3 Å². The molecule has 0 saturated carbocycles. The van der Waals surface area contributed by atoms with Crippen LogP contribution in [0.1, 0.15) is 29.2 Å². The maximum atomic E-state index is 13.3. The number of ether oxygens (including phenoxy) is 2. The van der Waals surface area contributed by atoms with Gasteiger partial charge in [-0.3, -0.25) is 19.6 Å². The van der Waals surface area contributed by atoms with Crippen LogP contribution in [0.2, 0.25) is 0 Å². The molecular weight excluding hydrogens is 604 g/mol. The van der Waals surface area contributed by atoms with E-state index in [2.05, 4.69) is 14.8 Å². The van der Waals surface area contributed by atoms with Gasteiger partial charge in [0.1, 0.15) is 12.6 Å². The van der Waals surface area contributed by atoms with E-state index in [-0.39, 0.29) is 12.6 Å². The first-order valence-corrected chi connectivity index (χ1v) is 14.4. The summed E-state index contributed by atoms with van der Waals surface area (Å²) < 4.78 is 90.4. The van der Waals surface area contributed by atoms with Crippen LogP contribution < -0.4 is 0 Å². The molecule has 7 nitrogen and oxygen atoms in total. The standard InChI is InChI=1S/C32H35F6N3O4/c1-3-44-16-17-45-29(42)28-21-40(14-15-41(28)20-23-10-12-39-13-11-23)19-24-4-9-27(22(2)18-24)25-5-7-26(8-6-25)30(43,31(33,34)35)32(36,37)38/h4-13,18,28,43H,3,14-17,19-21H2,1-2H3. The summed E-state index contributed by atoms with van der Waals surface area (Å²) in [6.07, 6.45) is -8.50. The van der Waals surface area contributed by atoms with Crippen LogP contribution in [0.3, 0.4) is 0 Å². The van der Waals surface area contributed by atoms with Gasteiger partial charge in [0.15, 0.2) is 0 Å². The molecule has 0 amide bonds. The lowest BCUT2D eigenvalue weighted by molar-refractivity contribution is -0.376. The number of aryl methyl sites for hydroxylation is 1. The van der Waals surface area contributed by atoms with Crippen LogP contribution in [-0.2, 0) is 33.0 Å². The highest BCUT2D eigenvalue weighted by atomic mass is 19.4. The fraction of sp³-hybridized carbons (Fsp3) is 0.438. The fourth-order valence-electron chi connectivity index (χ4n) is 5.38. The molecular formula is C32H35F6N3O4. The molecule has 0 bridgehead atoms. The molecule has 1 aliphatic rings. The average molecular weight is 640 g/mol. The van der Waals surface area contributed by atoms with Crippen molar-refractivity contribution in [1.29, 1.82) is 0 Å². The predicted molar refractivity (Wildman–Crippen MR) is 154 cm³/mol. The number of piperazine rings is 1. The molecule has 1 fully saturated rings. The van der Waals surface area contributed by atoms with Gasteiger partial charge in [-0.15, -0.1) is 0 Å². The quantitative estimate of drug-likeness (QED) is 0.166. The lowest BCUT2D eigenvalue weighted by Crippen LogP contribution is -2.56. The van der Waals surface area contributed by atoms with E-state index in [1.807, 2.05) is 31.2 Å². The average Bonchev–Trinajstić information content (AvgIpc) is 2.99. The van der Waals surface area contributed by atoms with E-state index in [1.54, 1.807) is 25.4 Å². The summed E-state index contributed by atoms with van der Waals surface area (Å²) in [5, 5.41) is 9.68. The molecule has 45 heavy (non-hydrogen) atoms. The lowest BCUT2D eigenvalue weighted by Gasteiger charge is -2.40. The molecule has 1 N–H and O–H groups in total. The van der Waals surface area contributed by atoms with Gasteiger partial charge in [0.2, 0.25) is 0 Å². The lowest BCUT2D eigenvalue weighted by atomic mass is 9.90. The van der Waals surface area contributed by atoms with Gasteiger partial charge in [-0.05, 0) is 53.8 Å². The maximum Gasteiger partial charge on any atom is 0.430 e. The first-order valence-electron chi connectivity index (χ1n) is 14.4. The molecule has 2 aromatic carbocycles. The van der Waals surface area contributed by atoms with Crippen molar-refractivity contribution in [3.05, 3.63) is 89.2 Å². The molecule has 1 aliphatic heterocycles. The number of esters is 1. The van der Waals surface area contributed by atoms with Crippen LogP contribution in [0.4, 0.5) is 26.3 Å². The van der Waals surface area contributed by atoms with Gasteiger partial charge < -0.3 is 14.6 Å². The number of aromatic nitrogens is 1. The molecule has 0 spiro atoms. The molecule has 1 aromatic heterocycles. The summed E-state index contributed by atoms with van der Waals surface area (Å²) in [5.74, 6) is -0.341. The highest BCUT2D eigenvalue weighted by Crippen LogP contribution is 2.50. The van der Waals surface area contributed by atoms with Crippen molar-refractivity contribution >= 4 is 5.97 Å². The second-order valence-electron chi connectivity index (χ2n) is 10.9. The Morgan fingerprint density at radius 2 is 1.58 bits per heavy atom. The molecule has 13 heteroatoms. The zero-order valence-corrected chi connectivity index (χ0v) is 24.9. The first kappa shape index (κ1) is 34.4. The van der Waals surface area contributed by atoms with Gasteiger partial charge in [0.05, 0.1) is 6.61 Å². The number of aliphatic hydroxyl groups is 1. The summed E-state index contributed by atoms with van der Waals surface area (Å²) in [6, 6.07) is 12.3. The van der Waals surface area contributed by atoms with Gasteiger partial charge in [0.25, 0.3) is 5.60 Å². The number of halogens is 6. The van der Waals surface area contributed by atoms with Crippen molar-refractivity contribution in [2.45, 2.75) is 50.9 Å². The van der Waals surface area contributed by atoms with Crippen molar-refractivity contribution in [2.24, 2.45) is 0 Å². The predicted octanol–water partition coefficient (Wildman–Crippen LogP) is 5.64. The number of nitrogens with zero attached hydrogens (tertiary/aromatic N) is 3. The van der Waals surface area contributed by atoms with Crippen LogP contribution in [0.25, 0.3) is 11.1 Å². The fourth-order valence-corrected chi connectivity index (χ4v) is 5.38. The third kappa shape index (κ3) is 8.01. The van der Waals surface area contributed by atoms with E-state index in [1.165, 1.54) is 0 Å². The molecule has 1 saturated heterocycles. The Kier molecular flexibility index (Phi) is 10.9. The van der Waals surface area contributed by atoms with Crippen molar-refractivity contribution in [3.63, 3.8) is 0 Å². The summed E-state index contributed by atoms with van der Waals surface area (Å²) >= 11 is 0. The van der Waals surface area contributed by atoms with Gasteiger partial charge in [-0.25, -0.2) is 0 Å². The number of carbonyl (C=O) groups is 1. The Morgan fingerprint density at radius 3 is 2.18 bits per heavy atom. The van der Waals surface area contributed by atoms with Gasteiger partial charge in [0, 0.05) is 57.3 Å². The van der Waals surface area contributed by atoms with Crippen LogP contribution in [-0.4, -0.2) is 83.7 Å². The highest BCUT2D eigenvalue weighted by Gasteiger charge is 2.71. The van der Waals surface area contributed by atoms with E-state index in [0.29, 0.717) is 69.2 Å². The highest BCUT2D eigenvalue weighted by molar-refractivity contribution is 5.76. The molecule has 4 rings (SSSR count). The van der Waals surface area contributed by atoms with E-state index in [9.17, 15) is 36.2 Å². The number of benzene rings is 2. The van der Waals surface area contributed by atoms with Crippen molar-refractivity contribution in [2.75, 3.05) is 39.5 Å². The zero-order chi connectivity index (χ0) is 32.8. The Labute approximate surface area is 257 Å². The second kappa shape index (κ2) is 14.3. The largest absolute Gasteiger partial charge is 0.462 e. The number of hydrogen-bond acceptors (Lipinski definition) is 7. The molecule has 0 radical (unpaired) electrons. The van der Waals surface area contributed by atoms with Crippen LogP contribution >= 0.6 is 0 Å². The normalized spacial score (nSPS) is 17.0. The monoisotopic (exact) mass is 639 g/mol. The smallest absolute Gasteiger partial charge is 0.430 e. The van der Waals surface area contributed by atoms with E-state index in [4.69, 9.17) is 9.47 Å². The van der Waals surface area contributed by atoms with Crippen LogP contribution in [0, 0.1) is 6.92 Å².